The number of benzene rings is 1. The van der Waals surface area contributed by atoms with Crippen molar-refractivity contribution in [1.82, 2.24) is 5.32 Å². The maximum absolute atomic E-state index is 12.1. The average Bonchev–Trinajstić information content (AvgIpc) is 2.48. The molecule has 1 unspecified atom stereocenters. The van der Waals surface area contributed by atoms with Gasteiger partial charge in [0.05, 0.1) is 13.1 Å². The van der Waals surface area contributed by atoms with E-state index in [1.54, 1.807) is 6.92 Å². The Hall–Kier alpha value is -1.58. The molecule has 2 atom stereocenters. The SMILES string of the molecule is CC(C)[C@](C)(C#N)NC(=O)C[NH+](C)CCOc1ccc(Br)cc1. The van der Waals surface area contributed by atoms with Gasteiger partial charge in [-0.2, -0.15) is 5.26 Å². The maximum atomic E-state index is 12.1. The van der Waals surface area contributed by atoms with Gasteiger partial charge < -0.3 is 15.0 Å². The second kappa shape index (κ2) is 8.90. The van der Waals surface area contributed by atoms with Crippen LogP contribution in [-0.2, 0) is 4.79 Å². The summed E-state index contributed by atoms with van der Waals surface area (Å²) in [6, 6.07) is 9.82. The molecule has 0 saturated carbocycles. The third-order valence-corrected chi connectivity index (χ3v) is 4.39. The van der Waals surface area contributed by atoms with E-state index < -0.39 is 5.54 Å². The fraction of sp³-hybridized carbons (Fsp3) is 0.529. The minimum absolute atomic E-state index is 0.0532. The van der Waals surface area contributed by atoms with Gasteiger partial charge in [0.15, 0.2) is 6.54 Å². The van der Waals surface area contributed by atoms with Gasteiger partial charge in [0.1, 0.15) is 24.4 Å². The second-order valence-corrected chi connectivity index (χ2v) is 7.12. The first kappa shape index (κ1) is 19.5. The van der Waals surface area contributed by atoms with Crippen molar-refractivity contribution in [1.29, 1.82) is 5.26 Å². The highest BCUT2D eigenvalue weighted by Crippen LogP contribution is 2.16. The molecule has 1 rings (SSSR count). The molecule has 0 aliphatic rings. The second-order valence-electron chi connectivity index (χ2n) is 6.20. The van der Waals surface area contributed by atoms with E-state index in [0.717, 1.165) is 15.1 Å². The number of rotatable bonds is 8. The first-order chi connectivity index (χ1) is 10.8. The van der Waals surface area contributed by atoms with Gasteiger partial charge in [0.25, 0.3) is 5.91 Å². The molecule has 0 spiro atoms. The zero-order chi connectivity index (χ0) is 17.5. The van der Waals surface area contributed by atoms with Crippen LogP contribution < -0.4 is 15.0 Å². The molecule has 0 aromatic heterocycles. The third-order valence-electron chi connectivity index (χ3n) is 3.86. The molecule has 1 amide bonds. The van der Waals surface area contributed by atoms with Crippen LogP contribution in [0.4, 0.5) is 0 Å². The average molecular weight is 383 g/mol. The standard InChI is InChI=1S/C17H24BrN3O2/c1-13(2)17(3,12-19)20-16(22)11-21(4)9-10-23-15-7-5-14(18)6-8-15/h5-8,13H,9-11H2,1-4H3,(H,20,22)/p+1/t17-/m0/s1. The molecular weight excluding hydrogens is 358 g/mol. The van der Waals surface area contributed by atoms with Crippen LogP contribution in [0.5, 0.6) is 5.75 Å². The summed E-state index contributed by atoms with van der Waals surface area (Å²) >= 11 is 3.38. The van der Waals surface area contributed by atoms with E-state index in [-0.39, 0.29) is 11.8 Å². The van der Waals surface area contributed by atoms with Gasteiger partial charge in [-0.25, -0.2) is 0 Å². The number of quaternary nitrogens is 1. The summed E-state index contributed by atoms with van der Waals surface area (Å²) in [7, 11) is 1.93. The van der Waals surface area contributed by atoms with Gasteiger partial charge >= 0.3 is 0 Å². The maximum Gasteiger partial charge on any atom is 0.276 e. The molecule has 0 radical (unpaired) electrons. The molecule has 1 aromatic carbocycles. The summed E-state index contributed by atoms with van der Waals surface area (Å²) < 4.78 is 6.66. The van der Waals surface area contributed by atoms with E-state index in [1.165, 1.54) is 0 Å². The van der Waals surface area contributed by atoms with Crippen LogP contribution in [0.2, 0.25) is 0 Å². The molecular formula is C17H25BrN3O2+. The molecule has 0 saturated heterocycles. The highest BCUT2D eigenvalue weighted by Gasteiger charge is 2.30. The number of nitrogens with zero attached hydrogens (tertiary/aromatic N) is 1. The van der Waals surface area contributed by atoms with E-state index in [1.807, 2.05) is 45.2 Å². The monoisotopic (exact) mass is 382 g/mol. The Labute approximate surface area is 146 Å². The lowest BCUT2D eigenvalue weighted by atomic mass is 9.90. The quantitative estimate of drug-likeness (QED) is 0.713. The number of nitrogens with one attached hydrogen (secondary N) is 2. The molecule has 23 heavy (non-hydrogen) atoms. The highest BCUT2D eigenvalue weighted by molar-refractivity contribution is 9.10. The Morgan fingerprint density at radius 3 is 2.57 bits per heavy atom. The van der Waals surface area contributed by atoms with E-state index in [2.05, 4.69) is 27.3 Å². The third kappa shape index (κ3) is 6.59. The lowest BCUT2D eigenvalue weighted by molar-refractivity contribution is -0.871. The first-order valence-corrected chi connectivity index (χ1v) is 8.48. The number of carbonyl (C=O) groups is 1. The van der Waals surface area contributed by atoms with Crippen molar-refractivity contribution >= 4 is 21.8 Å². The smallest absolute Gasteiger partial charge is 0.276 e. The van der Waals surface area contributed by atoms with Crippen molar-refractivity contribution in [3.05, 3.63) is 28.7 Å². The Bertz CT molecular complexity index is 554. The van der Waals surface area contributed by atoms with Crippen molar-refractivity contribution in [2.45, 2.75) is 26.3 Å². The molecule has 2 N–H and O–H groups in total. The van der Waals surface area contributed by atoms with E-state index in [0.29, 0.717) is 19.7 Å². The normalized spacial score (nSPS) is 14.7. The number of halogens is 1. The van der Waals surface area contributed by atoms with Crippen molar-refractivity contribution in [2.75, 3.05) is 26.7 Å². The number of amides is 1. The van der Waals surface area contributed by atoms with E-state index in [9.17, 15) is 10.1 Å². The van der Waals surface area contributed by atoms with Crippen LogP contribution >= 0.6 is 15.9 Å². The van der Waals surface area contributed by atoms with Crippen molar-refractivity contribution < 1.29 is 14.4 Å². The van der Waals surface area contributed by atoms with Gasteiger partial charge in [0, 0.05) is 4.47 Å². The predicted octanol–water partition coefficient (Wildman–Crippen LogP) is 1.40. The number of hydrogen-bond donors (Lipinski definition) is 2. The van der Waals surface area contributed by atoms with Gasteiger partial charge in [-0.05, 0) is 37.1 Å². The largest absolute Gasteiger partial charge is 0.488 e. The summed E-state index contributed by atoms with van der Waals surface area (Å²) in [6.45, 7) is 7.14. The van der Waals surface area contributed by atoms with Gasteiger partial charge in [-0.1, -0.05) is 29.8 Å². The lowest BCUT2D eigenvalue weighted by Crippen LogP contribution is -3.11. The number of hydrogen-bond acceptors (Lipinski definition) is 3. The lowest BCUT2D eigenvalue weighted by Gasteiger charge is -2.27. The minimum Gasteiger partial charge on any atom is -0.488 e. The number of likely N-dealkylation sites (N-methyl/N-ethyl adjacent to an activating group) is 1. The molecule has 1 aromatic rings. The Balaban J connectivity index is 2.36. The zero-order valence-electron chi connectivity index (χ0n) is 14.1. The van der Waals surface area contributed by atoms with Crippen molar-refractivity contribution in [3.8, 4) is 11.8 Å². The molecule has 5 nitrogen and oxygen atoms in total. The molecule has 6 heteroatoms. The van der Waals surface area contributed by atoms with Gasteiger partial charge in [0.2, 0.25) is 0 Å². The predicted molar refractivity (Wildman–Crippen MR) is 93.3 cm³/mol. The molecule has 126 valence electrons. The van der Waals surface area contributed by atoms with Crippen LogP contribution in [0, 0.1) is 17.2 Å². The van der Waals surface area contributed by atoms with Gasteiger partial charge in [-0.3, -0.25) is 4.79 Å². The summed E-state index contributed by atoms with van der Waals surface area (Å²) in [4.78, 5) is 13.1. The minimum atomic E-state index is -0.828. The Kier molecular flexibility index (Phi) is 7.53. The van der Waals surface area contributed by atoms with E-state index in [4.69, 9.17) is 4.74 Å². The number of carbonyl (C=O) groups excluding carboxylic acids is 1. The summed E-state index contributed by atoms with van der Waals surface area (Å²) in [5.41, 5.74) is -0.828. The van der Waals surface area contributed by atoms with Crippen molar-refractivity contribution in [3.63, 3.8) is 0 Å². The summed E-state index contributed by atoms with van der Waals surface area (Å²) in [5.74, 6) is 0.740. The fourth-order valence-electron chi connectivity index (χ4n) is 1.87. The van der Waals surface area contributed by atoms with Crippen LogP contribution in [0.15, 0.2) is 28.7 Å². The van der Waals surface area contributed by atoms with Crippen LogP contribution in [0.3, 0.4) is 0 Å². The van der Waals surface area contributed by atoms with Crippen LogP contribution in [0.1, 0.15) is 20.8 Å². The molecule has 0 aliphatic carbocycles. The molecule has 0 heterocycles. The highest BCUT2D eigenvalue weighted by atomic mass is 79.9. The number of ether oxygens (including phenoxy) is 1. The van der Waals surface area contributed by atoms with Crippen LogP contribution in [0.25, 0.3) is 0 Å². The Morgan fingerprint density at radius 1 is 1.43 bits per heavy atom. The first-order valence-electron chi connectivity index (χ1n) is 7.68. The zero-order valence-corrected chi connectivity index (χ0v) is 15.7. The van der Waals surface area contributed by atoms with Crippen LogP contribution in [-0.4, -0.2) is 38.2 Å². The topological polar surface area (TPSA) is 66.6 Å². The fourth-order valence-corrected chi connectivity index (χ4v) is 2.14. The Morgan fingerprint density at radius 2 is 2.04 bits per heavy atom. The molecule has 0 aliphatic heterocycles. The summed E-state index contributed by atoms with van der Waals surface area (Å²) in [6.07, 6.45) is 0. The number of nitriles is 1. The molecule has 0 fully saturated rings. The van der Waals surface area contributed by atoms with Crippen molar-refractivity contribution in [2.24, 2.45) is 5.92 Å². The van der Waals surface area contributed by atoms with E-state index >= 15 is 0 Å². The van der Waals surface area contributed by atoms with Gasteiger partial charge in [-0.15, -0.1) is 0 Å². The summed E-state index contributed by atoms with van der Waals surface area (Å²) in [5, 5.41) is 12.1. The molecule has 0 bridgehead atoms.